The van der Waals surface area contributed by atoms with Gasteiger partial charge in [-0.15, -0.1) is 11.6 Å². The lowest BCUT2D eigenvalue weighted by molar-refractivity contribution is 0.606. The Labute approximate surface area is 88.7 Å². The third-order valence-electron chi connectivity index (χ3n) is 1.72. The Morgan fingerprint density at radius 3 is 3.08 bits per heavy atom. The molecule has 0 aliphatic rings. The molecule has 1 aromatic heterocycles. The lowest BCUT2D eigenvalue weighted by Crippen LogP contribution is -1.99. The minimum Gasteiger partial charge on any atom is -0.272 e. The van der Waals surface area contributed by atoms with Gasteiger partial charge in [0.2, 0.25) is 0 Å². The minimum absolute atomic E-state index is 0.559. The van der Waals surface area contributed by atoms with E-state index in [-0.39, 0.29) is 0 Å². The van der Waals surface area contributed by atoms with E-state index in [9.17, 15) is 0 Å². The molecule has 1 heterocycles. The fourth-order valence-electron chi connectivity index (χ4n) is 1.07. The second kappa shape index (κ2) is 6.33. The molecule has 0 spiro atoms. The van der Waals surface area contributed by atoms with Crippen molar-refractivity contribution < 1.29 is 0 Å². The van der Waals surface area contributed by atoms with E-state index < -0.39 is 0 Å². The van der Waals surface area contributed by atoms with Crippen LogP contribution in [0.4, 0.5) is 0 Å². The van der Waals surface area contributed by atoms with E-state index in [1.54, 1.807) is 0 Å². The van der Waals surface area contributed by atoms with Gasteiger partial charge in [-0.1, -0.05) is 6.92 Å². The summed E-state index contributed by atoms with van der Waals surface area (Å²) in [7, 11) is 0. The van der Waals surface area contributed by atoms with E-state index in [4.69, 9.17) is 11.6 Å². The summed E-state index contributed by atoms with van der Waals surface area (Å²) in [5, 5.41) is 4.21. The maximum Gasteiger partial charge on any atom is 0.0533 e. The van der Waals surface area contributed by atoms with Gasteiger partial charge in [-0.3, -0.25) is 4.68 Å². The maximum atomic E-state index is 5.67. The largest absolute Gasteiger partial charge is 0.272 e. The Morgan fingerprint density at radius 2 is 2.46 bits per heavy atom. The number of halogens is 1. The second-order valence-corrected chi connectivity index (χ2v) is 4.46. The molecule has 0 fully saturated rings. The predicted molar refractivity (Wildman–Crippen MR) is 59.4 cm³/mol. The van der Waals surface area contributed by atoms with Crippen molar-refractivity contribution in [2.75, 3.05) is 11.5 Å². The molecule has 13 heavy (non-hydrogen) atoms. The molecule has 0 bridgehead atoms. The van der Waals surface area contributed by atoms with Crippen LogP contribution < -0.4 is 0 Å². The molecule has 0 aliphatic carbocycles. The average Bonchev–Trinajstić information content (AvgIpc) is 2.60. The normalized spacial score (nSPS) is 10.6. The zero-order valence-electron chi connectivity index (χ0n) is 7.87. The Kier molecular flexibility index (Phi) is 5.32. The average molecular weight is 219 g/mol. The number of rotatable bonds is 6. The summed E-state index contributed by atoms with van der Waals surface area (Å²) in [6.07, 6.45) is 5.03. The van der Waals surface area contributed by atoms with Gasteiger partial charge in [0.15, 0.2) is 0 Å². The SMILES string of the molecule is CCSCCCn1cc(CCl)cn1. The van der Waals surface area contributed by atoms with E-state index in [0.29, 0.717) is 5.88 Å². The van der Waals surface area contributed by atoms with Gasteiger partial charge in [0.1, 0.15) is 0 Å². The highest BCUT2D eigenvalue weighted by Crippen LogP contribution is 2.05. The minimum atomic E-state index is 0.559. The summed E-state index contributed by atoms with van der Waals surface area (Å²) in [6.45, 7) is 3.19. The van der Waals surface area contributed by atoms with Crippen molar-refractivity contribution in [2.45, 2.75) is 25.8 Å². The number of aryl methyl sites for hydroxylation is 1. The van der Waals surface area contributed by atoms with Crippen LogP contribution in [0.2, 0.25) is 0 Å². The number of alkyl halides is 1. The fraction of sp³-hybridized carbons (Fsp3) is 0.667. The molecule has 0 atom stereocenters. The van der Waals surface area contributed by atoms with Crippen molar-refractivity contribution in [3.8, 4) is 0 Å². The van der Waals surface area contributed by atoms with Crippen LogP contribution in [0.1, 0.15) is 18.9 Å². The Balaban J connectivity index is 2.20. The summed E-state index contributed by atoms with van der Waals surface area (Å²) >= 11 is 7.64. The van der Waals surface area contributed by atoms with Gasteiger partial charge in [0.05, 0.1) is 12.1 Å². The van der Waals surface area contributed by atoms with Crippen LogP contribution in [0.5, 0.6) is 0 Å². The van der Waals surface area contributed by atoms with Crippen LogP contribution >= 0.6 is 23.4 Å². The topological polar surface area (TPSA) is 17.8 Å². The molecule has 0 unspecified atom stereocenters. The highest BCUT2D eigenvalue weighted by Gasteiger charge is 1.96. The number of nitrogens with zero attached hydrogens (tertiary/aromatic N) is 2. The first-order valence-corrected chi connectivity index (χ1v) is 6.20. The van der Waals surface area contributed by atoms with Crippen LogP contribution in [-0.4, -0.2) is 21.3 Å². The van der Waals surface area contributed by atoms with Crippen molar-refractivity contribution in [1.82, 2.24) is 9.78 Å². The van der Waals surface area contributed by atoms with Crippen LogP contribution in [0.25, 0.3) is 0 Å². The first kappa shape index (κ1) is 10.9. The number of hydrogen-bond acceptors (Lipinski definition) is 2. The van der Waals surface area contributed by atoms with E-state index in [2.05, 4.69) is 12.0 Å². The summed E-state index contributed by atoms with van der Waals surface area (Å²) in [5.41, 5.74) is 1.10. The molecule has 74 valence electrons. The highest BCUT2D eigenvalue weighted by molar-refractivity contribution is 7.99. The lowest BCUT2D eigenvalue weighted by atomic mass is 10.4. The molecule has 0 aromatic carbocycles. The van der Waals surface area contributed by atoms with Crippen LogP contribution in [0.15, 0.2) is 12.4 Å². The van der Waals surface area contributed by atoms with E-state index in [0.717, 1.165) is 12.1 Å². The summed E-state index contributed by atoms with van der Waals surface area (Å²) in [4.78, 5) is 0. The Hall–Kier alpha value is -0.150. The second-order valence-electron chi connectivity index (χ2n) is 2.80. The number of thioether (sulfide) groups is 1. The Bertz CT molecular complexity index is 237. The van der Waals surface area contributed by atoms with Gasteiger partial charge in [-0.2, -0.15) is 16.9 Å². The molecule has 4 heteroatoms. The number of aromatic nitrogens is 2. The van der Waals surface area contributed by atoms with E-state index >= 15 is 0 Å². The van der Waals surface area contributed by atoms with Crippen LogP contribution in [-0.2, 0) is 12.4 Å². The standard InChI is InChI=1S/C9H15ClN2S/c1-2-13-5-3-4-12-8-9(6-10)7-11-12/h7-8H,2-6H2,1H3. The molecule has 0 amide bonds. The van der Waals surface area contributed by atoms with Crippen molar-refractivity contribution >= 4 is 23.4 Å². The fourth-order valence-corrected chi connectivity index (χ4v) is 1.83. The first-order valence-electron chi connectivity index (χ1n) is 4.52. The first-order chi connectivity index (χ1) is 6.36. The van der Waals surface area contributed by atoms with E-state index in [1.807, 2.05) is 28.8 Å². The lowest BCUT2D eigenvalue weighted by Gasteiger charge is -1.99. The van der Waals surface area contributed by atoms with Crippen molar-refractivity contribution in [2.24, 2.45) is 0 Å². The maximum absolute atomic E-state index is 5.67. The van der Waals surface area contributed by atoms with Crippen molar-refractivity contribution in [3.63, 3.8) is 0 Å². The molecule has 0 saturated carbocycles. The molecular formula is C9H15ClN2S. The van der Waals surface area contributed by atoms with Gasteiger partial charge in [0.25, 0.3) is 0 Å². The van der Waals surface area contributed by atoms with E-state index in [1.165, 1.54) is 17.9 Å². The molecule has 1 aromatic rings. The Morgan fingerprint density at radius 1 is 1.62 bits per heavy atom. The number of hydrogen-bond donors (Lipinski definition) is 0. The van der Waals surface area contributed by atoms with Gasteiger partial charge in [0, 0.05) is 18.3 Å². The van der Waals surface area contributed by atoms with Gasteiger partial charge in [-0.25, -0.2) is 0 Å². The molecule has 0 aliphatic heterocycles. The zero-order valence-corrected chi connectivity index (χ0v) is 9.44. The zero-order chi connectivity index (χ0) is 9.52. The molecule has 1 rings (SSSR count). The summed E-state index contributed by atoms with van der Waals surface area (Å²) in [5.74, 6) is 2.97. The summed E-state index contributed by atoms with van der Waals surface area (Å²) < 4.78 is 1.97. The van der Waals surface area contributed by atoms with Crippen molar-refractivity contribution in [3.05, 3.63) is 18.0 Å². The molecule has 0 N–H and O–H groups in total. The van der Waals surface area contributed by atoms with Gasteiger partial charge < -0.3 is 0 Å². The van der Waals surface area contributed by atoms with Crippen LogP contribution in [0, 0.1) is 0 Å². The quantitative estimate of drug-likeness (QED) is 0.540. The molecule has 0 saturated heterocycles. The summed E-state index contributed by atoms with van der Waals surface area (Å²) in [6, 6.07) is 0. The van der Waals surface area contributed by atoms with Crippen LogP contribution in [0.3, 0.4) is 0 Å². The molecule has 2 nitrogen and oxygen atoms in total. The third kappa shape index (κ3) is 4.05. The monoisotopic (exact) mass is 218 g/mol. The molecular weight excluding hydrogens is 204 g/mol. The predicted octanol–water partition coefficient (Wildman–Crippen LogP) is 2.77. The highest BCUT2D eigenvalue weighted by atomic mass is 35.5. The van der Waals surface area contributed by atoms with Gasteiger partial charge in [-0.05, 0) is 17.9 Å². The van der Waals surface area contributed by atoms with Gasteiger partial charge >= 0.3 is 0 Å². The third-order valence-corrected chi connectivity index (χ3v) is 3.02. The van der Waals surface area contributed by atoms with Crippen molar-refractivity contribution in [1.29, 1.82) is 0 Å². The smallest absolute Gasteiger partial charge is 0.0533 e. The molecule has 0 radical (unpaired) electrons.